The Hall–Kier alpha value is -0.380. The fourth-order valence-corrected chi connectivity index (χ4v) is 2.93. The van der Waals surface area contributed by atoms with E-state index in [1.54, 1.807) is 7.11 Å². The van der Waals surface area contributed by atoms with Crippen molar-refractivity contribution in [2.24, 2.45) is 5.92 Å². The van der Waals surface area contributed by atoms with Crippen molar-refractivity contribution >= 4 is 11.3 Å². The number of ether oxygens (including phenoxy) is 1. The summed E-state index contributed by atoms with van der Waals surface area (Å²) < 4.78 is 5.13. The molecule has 0 saturated heterocycles. The molecule has 0 radical (unpaired) electrons. The summed E-state index contributed by atoms with van der Waals surface area (Å²) in [5.41, 5.74) is 1.44. The highest BCUT2D eigenvalue weighted by molar-refractivity contribution is 7.12. The molecule has 2 unspecified atom stereocenters. The van der Waals surface area contributed by atoms with E-state index in [1.807, 2.05) is 11.3 Å². The number of hydrogen-bond acceptors (Lipinski definition) is 3. The smallest absolute Gasteiger partial charge is 0.0499 e. The monoisotopic (exact) mass is 241 g/mol. The van der Waals surface area contributed by atoms with Gasteiger partial charge in [0.1, 0.15) is 0 Å². The SMILES string of the molecule is COCC(C)CNC(C)c1cc(C)sc1C. The number of methoxy groups -OCH3 is 1. The van der Waals surface area contributed by atoms with E-state index in [9.17, 15) is 0 Å². The normalized spacial score (nSPS) is 15.1. The van der Waals surface area contributed by atoms with Crippen LogP contribution in [0.4, 0.5) is 0 Å². The molecule has 0 aliphatic carbocycles. The van der Waals surface area contributed by atoms with Crippen LogP contribution in [0.15, 0.2) is 6.07 Å². The minimum Gasteiger partial charge on any atom is -0.384 e. The first kappa shape index (κ1) is 13.7. The third kappa shape index (κ3) is 3.89. The molecule has 0 saturated carbocycles. The van der Waals surface area contributed by atoms with Gasteiger partial charge in [-0.1, -0.05) is 6.92 Å². The lowest BCUT2D eigenvalue weighted by Gasteiger charge is -2.17. The molecule has 0 aromatic carbocycles. The molecule has 0 spiro atoms. The summed E-state index contributed by atoms with van der Waals surface area (Å²) in [7, 11) is 1.76. The Morgan fingerprint density at radius 1 is 1.38 bits per heavy atom. The van der Waals surface area contributed by atoms with Crippen LogP contribution < -0.4 is 5.32 Å². The van der Waals surface area contributed by atoms with Gasteiger partial charge in [0.05, 0.1) is 0 Å². The quantitative estimate of drug-likeness (QED) is 0.825. The summed E-state index contributed by atoms with van der Waals surface area (Å²) >= 11 is 1.88. The van der Waals surface area contributed by atoms with Gasteiger partial charge in [-0.15, -0.1) is 11.3 Å². The number of thiophene rings is 1. The van der Waals surface area contributed by atoms with E-state index >= 15 is 0 Å². The molecule has 0 aliphatic heterocycles. The summed E-state index contributed by atoms with van der Waals surface area (Å²) in [6.07, 6.45) is 0. The van der Waals surface area contributed by atoms with Gasteiger partial charge in [0.25, 0.3) is 0 Å². The molecule has 0 fully saturated rings. The third-order valence-corrected chi connectivity index (χ3v) is 3.75. The van der Waals surface area contributed by atoms with Crippen LogP contribution in [-0.4, -0.2) is 20.3 Å². The van der Waals surface area contributed by atoms with Gasteiger partial charge in [0.2, 0.25) is 0 Å². The zero-order valence-electron chi connectivity index (χ0n) is 11.0. The molecule has 2 atom stereocenters. The lowest BCUT2D eigenvalue weighted by atomic mass is 10.1. The molecule has 1 rings (SSSR count). The summed E-state index contributed by atoms with van der Waals surface area (Å²) in [5.74, 6) is 0.562. The number of aryl methyl sites for hydroxylation is 2. The van der Waals surface area contributed by atoms with Crippen LogP contribution in [0.2, 0.25) is 0 Å². The second-order valence-electron chi connectivity index (χ2n) is 4.56. The minimum absolute atomic E-state index is 0.434. The van der Waals surface area contributed by atoms with Crippen molar-refractivity contribution in [3.63, 3.8) is 0 Å². The van der Waals surface area contributed by atoms with Crippen molar-refractivity contribution < 1.29 is 4.74 Å². The average molecular weight is 241 g/mol. The standard InChI is InChI=1S/C13H23NOS/c1-9(8-15-5)7-14-11(3)13-6-10(2)16-12(13)4/h6,9,11,14H,7-8H2,1-5H3. The Labute approximate surface area is 103 Å². The van der Waals surface area contributed by atoms with E-state index in [4.69, 9.17) is 4.74 Å². The fraction of sp³-hybridized carbons (Fsp3) is 0.692. The van der Waals surface area contributed by atoms with E-state index in [1.165, 1.54) is 15.3 Å². The molecule has 1 aromatic heterocycles. The van der Waals surface area contributed by atoms with Crippen LogP contribution in [0.5, 0.6) is 0 Å². The number of nitrogens with one attached hydrogen (secondary N) is 1. The lowest BCUT2D eigenvalue weighted by molar-refractivity contribution is 0.157. The highest BCUT2D eigenvalue weighted by Gasteiger charge is 2.11. The molecular formula is C13H23NOS. The molecule has 1 N–H and O–H groups in total. The van der Waals surface area contributed by atoms with Gasteiger partial charge in [0, 0.05) is 36.1 Å². The zero-order chi connectivity index (χ0) is 12.1. The van der Waals surface area contributed by atoms with Gasteiger partial charge in [-0.3, -0.25) is 0 Å². The van der Waals surface area contributed by atoms with Crippen LogP contribution >= 0.6 is 11.3 Å². The van der Waals surface area contributed by atoms with Crippen molar-refractivity contribution in [1.29, 1.82) is 0 Å². The molecule has 16 heavy (non-hydrogen) atoms. The topological polar surface area (TPSA) is 21.3 Å². The van der Waals surface area contributed by atoms with Crippen molar-refractivity contribution in [2.45, 2.75) is 33.7 Å². The zero-order valence-corrected chi connectivity index (χ0v) is 11.8. The maximum atomic E-state index is 5.13. The Bertz CT molecular complexity index is 322. The average Bonchev–Trinajstić information content (AvgIpc) is 2.55. The van der Waals surface area contributed by atoms with E-state index in [0.29, 0.717) is 12.0 Å². The molecule has 92 valence electrons. The second kappa shape index (κ2) is 6.38. The largest absolute Gasteiger partial charge is 0.384 e. The second-order valence-corrected chi connectivity index (χ2v) is 6.02. The van der Waals surface area contributed by atoms with Gasteiger partial charge in [-0.05, 0) is 38.3 Å². The first-order valence-electron chi connectivity index (χ1n) is 5.83. The van der Waals surface area contributed by atoms with Gasteiger partial charge >= 0.3 is 0 Å². The summed E-state index contributed by atoms with van der Waals surface area (Å²) in [6.45, 7) is 10.6. The minimum atomic E-state index is 0.434. The summed E-state index contributed by atoms with van der Waals surface area (Å²) in [6, 6.07) is 2.72. The maximum Gasteiger partial charge on any atom is 0.0499 e. The van der Waals surface area contributed by atoms with Crippen LogP contribution in [0, 0.1) is 19.8 Å². The molecule has 3 heteroatoms. The summed E-state index contributed by atoms with van der Waals surface area (Å²) in [5, 5.41) is 3.56. The van der Waals surface area contributed by atoms with Crippen molar-refractivity contribution in [3.8, 4) is 0 Å². The highest BCUT2D eigenvalue weighted by atomic mass is 32.1. The predicted molar refractivity (Wildman–Crippen MR) is 71.3 cm³/mol. The Morgan fingerprint density at radius 2 is 2.06 bits per heavy atom. The van der Waals surface area contributed by atoms with Crippen LogP contribution in [0.1, 0.15) is 35.2 Å². The Morgan fingerprint density at radius 3 is 2.56 bits per heavy atom. The first-order valence-corrected chi connectivity index (χ1v) is 6.65. The van der Waals surface area contributed by atoms with Crippen molar-refractivity contribution in [3.05, 3.63) is 21.4 Å². The van der Waals surface area contributed by atoms with Gasteiger partial charge in [-0.25, -0.2) is 0 Å². The fourth-order valence-electron chi connectivity index (χ4n) is 1.91. The first-order chi connectivity index (χ1) is 7.54. The molecule has 2 nitrogen and oxygen atoms in total. The number of rotatable bonds is 6. The van der Waals surface area contributed by atoms with E-state index < -0.39 is 0 Å². The molecule has 1 heterocycles. The molecular weight excluding hydrogens is 218 g/mol. The third-order valence-electron chi connectivity index (χ3n) is 2.77. The highest BCUT2D eigenvalue weighted by Crippen LogP contribution is 2.26. The van der Waals surface area contributed by atoms with E-state index in [0.717, 1.165) is 13.2 Å². The van der Waals surface area contributed by atoms with Crippen molar-refractivity contribution in [2.75, 3.05) is 20.3 Å². The molecule has 0 amide bonds. The van der Waals surface area contributed by atoms with Gasteiger partial charge in [-0.2, -0.15) is 0 Å². The van der Waals surface area contributed by atoms with Crippen LogP contribution in [0.3, 0.4) is 0 Å². The van der Waals surface area contributed by atoms with Crippen LogP contribution in [-0.2, 0) is 4.74 Å². The number of hydrogen-bond donors (Lipinski definition) is 1. The lowest BCUT2D eigenvalue weighted by Crippen LogP contribution is -2.26. The van der Waals surface area contributed by atoms with E-state index in [-0.39, 0.29) is 0 Å². The van der Waals surface area contributed by atoms with Crippen LogP contribution in [0.25, 0.3) is 0 Å². The predicted octanol–water partition coefficient (Wildman–Crippen LogP) is 3.30. The van der Waals surface area contributed by atoms with Gasteiger partial charge in [0.15, 0.2) is 0 Å². The Kier molecular flexibility index (Phi) is 5.46. The summed E-state index contributed by atoms with van der Waals surface area (Å²) in [4.78, 5) is 2.82. The molecule has 0 aliphatic rings. The molecule has 1 aromatic rings. The van der Waals surface area contributed by atoms with Crippen molar-refractivity contribution in [1.82, 2.24) is 5.32 Å². The molecule has 0 bridgehead atoms. The van der Waals surface area contributed by atoms with Gasteiger partial charge < -0.3 is 10.1 Å². The van der Waals surface area contributed by atoms with E-state index in [2.05, 4.69) is 39.1 Å². The maximum absolute atomic E-state index is 5.13. The Balaban J connectivity index is 2.46.